The second-order valence-electron chi connectivity index (χ2n) is 4.83. The molecule has 1 aliphatic rings. The van der Waals surface area contributed by atoms with E-state index in [1.165, 1.54) is 17.5 Å². The Balaban J connectivity index is 1.95. The number of rotatable bonds is 4. The van der Waals surface area contributed by atoms with Crippen molar-refractivity contribution < 1.29 is 8.42 Å². The number of thiophene rings is 1. The molecule has 0 amide bonds. The molecule has 0 spiro atoms. The number of anilines is 1. The zero-order chi connectivity index (χ0) is 15.0. The summed E-state index contributed by atoms with van der Waals surface area (Å²) in [5, 5.41) is 9.72. The highest BCUT2D eigenvalue weighted by atomic mass is 32.2. The smallest absolute Gasteiger partial charge is 0.279 e. The van der Waals surface area contributed by atoms with Gasteiger partial charge in [0.2, 0.25) is 0 Å². The lowest BCUT2D eigenvalue weighted by molar-refractivity contribution is 0.598. The number of hydrogen-bond acceptors (Lipinski definition) is 5. The molecule has 8 heteroatoms. The lowest BCUT2D eigenvalue weighted by Gasteiger charge is -2.04. The molecule has 6 nitrogen and oxygen atoms in total. The first-order valence-corrected chi connectivity index (χ1v) is 8.96. The average Bonchev–Trinajstić information content (AvgIpc) is 3.12. The van der Waals surface area contributed by atoms with Crippen LogP contribution in [0.1, 0.15) is 35.2 Å². The van der Waals surface area contributed by atoms with Crippen LogP contribution >= 0.6 is 11.3 Å². The third kappa shape index (κ3) is 2.43. The molecule has 0 radical (unpaired) electrons. The summed E-state index contributed by atoms with van der Waals surface area (Å²) < 4.78 is 27.2. The molecule has 0 atom stereocenters. The normalized spacial score (nSPS) is 13.9. The summed E-state index contributed by atoms with van der Waals surface area (Å²) in [7, 11) is -3.73. The van der Waals surface area contributed by atoms with Crippen LogP contribution in [0.3, 0.4) is 0 Å². The minimum atomic E-state index is -3.73. The second-order valence-corrected chi connectivity index (χ2v) is 7.58. The first kappa shape index (κ1) is 14.1. The van der Waals surface area contributed by atoms with Crippen LogP contribution in [0.15, 0.2) is 11.2 Å². The van der Waals surface area contributed by atoms with Crippen molar-refractivity contribution >= 4 is 26.4 Å². The predicted molar refractivity (Wildman–Crippen MR) is 79.8 cm³/mol. The van der Waals surface area contributed by atoms with E-state index in [1.807, 2.05) is 6.92 Å². The Bertz CT molecular complexity index is 827. The highest BCUT2D eigenvalue weighted by Crippen LogP contribution is 2.39. The van der Waals surface area contributed by atoms with Crippen LogP contribution in [-0.2, 0) is 29.3 Å². The van der Waals surface area contributed by atoms with E-state index in [9.17, 15) is 13.7 Å². The Hall–Kier alpha value is -1.85. The summed E-state index contributed by atoms with van der Waals surface area (Å²) in [6.45, 7) is 1.89. The molecule has 2 aromatic rings. The zero-order valence-corrected chi connectivity index (χ0v) is 13.1. The third-order valence-electron chi connectivity index (χ3n) is 3.49. The molecule has 110 valence electrons. The average molecular weight is 322 g/mol. The van der Waals surface area contributed by atoms with Crippen LogP contribution in [0, 0.1) is 11.3 Å². The monoisotopic (exact) mass is 322 g/mol. The Labute approximate surface area is 126 Å². The van der Waals surface area contributed by atoms with Crippen LogP contribution in [-0.4, -0.2) is 18.4 Å². The Morgan fingerprint density at radius 1 is 1.52 bits per heavy atom. The number of imidazole rings is 1. The number of nitrogens with zero attached hydrogens (tertiary/aromatic N) is 2. The van der Waals surface area contributed by atoms with Crippen LogP contribution in [0.5, 0.6) is 0 Å². The quantitative estimate of drug-likeness (QED) is 0.901. The number of hydrogen-bond donors (Lipinski definition) is 2. The Morgan fingerprint density at radius 3 is 3.00 bits per heavy atom. The summed E-state index contributed by atoms with van der Waals surface area (Å²) >= 11 is 1.36. The number of aryl methyl sites for hydroxylation is 2. The molecular weight excluding hydrogens is 308 g/mol. The number of aromatic nitrogens is 2. The molecule has 0 bridgehead atoms. The molecule has 2 N–H and O–H groups in total. The molecular formula is C13H14N4O2S2. The largest absolute Gasteiger partial charge is 0.332 e. The Kier molecular flexibility index (Phi) is 3.47. The SMILES string of the molecule is CCc1ncc(S(=O)(=O)Nc2sc3c(c2C#N)CCC3)[nH]1. The highest BCUT2D eigenvalue weighted by Gasteiger charge is 2.26. The van der Waals surface area contributed by atoms with Crippen molar-refractivity contribution in [2.75, 3.05) is 4.72 Å². The summed E-state index contributed by atoms with van der Waals surface area (Å²) in [6.07, 6.45) is 4.73. The summed E-state index contributed by atoms with van der Waals surface area (Å²) in [4.78, 5) is 7.88. The van der Waals surface area contributed by atoms with Crippen molar-refractivity contribution in [3.8, 4) is 6.07 Å². The minimum Gasteiger partial charge on any atom is -0.332 e. The third-order valence-corrected chi connectivity index (χ3v) is 6.09. The van der Waals surface area contributed by atoms with Gasteiger partial charge in [-0.3, -0.25) is 4.72 Å². The van der Waals surface area contributed by atoms with Crippen LogP contribution in [0.25, 0.3) is 0 Å². The summed E-state index contributed by atoms with van der Waals surface area (Å²) in [5.41, 5.74) is 1.46. The van der Waals surface area contributed by atoms with Crippen LogP contribution in [0.2, 0.25) is 0 Å². The van der Waals surface area contributed by atoms with Crippen molar-refractivity contribution in [3.05, 3.63) is 28.0 Å². The fourth-order valence-corrected chi connectivity index (χ4v) is 4.92. The van der Waals surface area contributed by atoms with Crippen molar-refractivity contribution in [1.29, 1.82) is 5.26 Å². The van der Waals surface area contributed by atoms with Gasteiger partial charge in [0.15, 0.2) is 5.03 Å². The number of aromatic amines is 1. The number of nitriles is 1. The number of sulfonamides is 1. The fraction of sp³-hybridized carbons (Fsp3) is 0.385. The molecule has 2 aromatic heterocycles. The molecule has 0 aliphatic heterocycles. The molecule has 2 heterocycles. The zero-order valence-electron chi connectivity index (χ0n) is 11.4. The maximum atomic E-state index is 12.3. The van der Waals surface area contributed by atoms with Gasteiger partial charge in [-0.25, -0.2) is 4.98 Å². The number of fused-ring (bicyclic) bond motifs is 1. The van der Waals surface area contributed by atoms with Gasteiger partial charge in [-0.2, -0.15) is 13.7 Å². The molecule has 3 rings (SSSR count). The summed E-state index contributed by atoms with van der Waals surface area (Å²) in [5.74, 6) is 0.615. The molecule has 1 aliphatic carbocycles. The van der Waals surface area contributed by atoms with Gasteiger partial charge in [0, 0.05) is 11.3 Å². The Morgan fingerprint density at radius 2 is 2.33 bits per heavy atom. The van der Waals surface area contributed by atoms with Gasteiger partial charge in [-0.15, -0.1) is 11.3 Å². The maximum absolute atomic E-state index is 12.3. The minimum absolute atomic E-state index is 0.0248. The fourth-order valence-electron chi connectivity index (χ4n) is 2.43. The van der Waals surface area contributed by atoms with E-state index in [0.717, 1.165) is 29.7 Å². The van der Waals surface area contributed by atoms with Crippen molar-refractivity contribution in [3.63, 3.8) is 0 Å². The van der Waals surface area contributed by atoms with Gasteiger partial charge < -0.3 is 4.98 Å². The number of H-pyrrole nitrogens is 1. The van der Waals surface area contributed by atoms with E-state index in [1.54, 1.807) is 0 Å². The van der Waals surface area contributed by atoms with E-state index < -0.39 is 10.0 Å². The lowest BCUT2D eigenvalue weighted by Crippen LogP contribution is -2.13. The van der Waals surface area contributed by atoms with Crippen molar-refractivity contribution in [2.45, 2.75) is 37.6 Å². The maximum Gasteiger partial charge on any atom is 0.279 e. The predicted octanol–water partition coefficient (Wildman–Crippen LogP) is 2.19. The first-order valence-electron chi connectivity index (χ1n) is 6.66. The first-order chi connectivity index (χ1) is 10.0. The van der Waals surface area contributed by atoms with E-state index in [2.05, 4.69) is 20.8 Å². The molecule has 0 saturated carbocycles. The van der Waals surface area contributed by atoms with Crippen molar-refractivity contribution in [2.24, 2.45) is 0 Å². The van der Waals surface area contributed by atoms with Gasteiger partial charge in [0.05, 0.1) is 11.8 Å². The standard InChI is InChI=1S/C13H14N4O2S2/c1-2-11-15-7-12(16-11)21(18,19)17-13-9(6-14)8-4-3-5-10(8)20-13/h7,17H,2-5H2,1H3,(H,15,16). The summed E-state index contributed by atoms with van der Waals surface area (Å²) in [6, 6.07) is 2.12. The van der Waals surface area contributed by atoms with Crippen LogP contribution in [0.4, 0.5) is 5.00 Å². The van der Waals surface area contributed by atoms with E-state index >= 15 is 0 Å². The van der Waals surface area contributed by atoms with E-state index in [0.29, 0.717) is 22.8 Å². The highest BCUT2D eigenvalue weighted by molar-refractivity contribution is 7.92. The van der Waals surface area contributed by atoms with Gasteiger partial charge in [-0.1, -0.05) is 6.92 Å². The van der Waals surface area contributed by atoms with Crippen LogP contribution < -0.4 is 4.72 Å². The lowest BCUT2D eigenvalue weighted by atomic mass is 10.1. The molecule has 0 unspecified atom stereocenters. The molecule has 0 aromatic carbocycles. The van der Waals surface area contributed by atoms with Gasteiger partial charge in [-0.05, 0) is 24.8 Å². The topological polar surface area (TPSA) is 98.6 Å². The molecule has 21 heavy (non-hydrogen) atoms. The van der Waals surface area contributed by atoms with Gasteiger partial charge >= 0.3 is 0 Å². The van der Waals surface area contributed by atoms with E-state index in [4.69, 9.17) is 0 Å². The molecule has 0 fully saturated rings. The second kappa shape index (κ2) is 5.16. The van der Waals surface area contributed by atoms with Gasteiger partial charge in [0.25, 0.3) is 10.0 Å². The van der Waals surface area contributed by atoms with Crippen molar-refractivity contribution in [1.82, 2.24) is 9.97 Å². The number of nitrogens with one attached hydrogen (secondary N) is 2. The van der Waals surface area contributed by atoms with E-state index in [-0.39, 0.29) is 5.03 Å². The molecule has 0 saturated heterocycles. The van der Waals surface area contributed by atoms with Gasteiger partial charge in [0.1, 0.15) is 16.9 Å².